The Morgan fingerprint density at radius 3 is 2.44 bits per heavy atom. The number of amides is 2. The Morgan fingerprint density at radius 2 is 1.65 bits per heavy atom. The van der Waals surface area contributed by atoms with Gasteiger partial charge in [0.2, 0.25) is 15.9 Å². The minimum absolute atomic E-state index is 0.0710. The van der Waals surface area contributed by atoms with E-state index in [1.54, 1.807) is 35.2 Å². The van der Waals surface area contributed by atoms with E-state index in [4.69, 9.17) is 0 Å². The maximum atomic E-state index is 13.3. The standard InChI is InChI=1S/C26H25N3O4S/c30-25-12-5-14-29(25)23-10-4-9-22(17-23)27-26(31)20-8-3-11-24(16-20)34(32,33)28-15-13-19-6-1-2-7-21(19)18-28/h1-4,6-11,16-17H,5,12-15,18H2,(H,27,31). The molecular formula is C26H25N3O4S. The Kier molecular flexibility index (Phi) is 5.93. The molecule has 2 aliphatic heterocycles. The quantitative estimate of drug-likeness (QED) is 0.608. The number of rotatable bonds is 5. The molecule has 0 atom stereocenters. The summed E-state index contributed by atoms with van der Waals surface area (Å²) in [5, 5.41) is 2.82. The van der Waals surface area contributed by atoms with E-state index in [0.717, 1.165) is 17.7 Å². The zero-order chi connectivity index (χ0) is 23.7. The van der Waals surface area contributed by atoms with Crippen LogP contribution in [0.2, 0.25) is 0 Å². The van der Waals surface area contributed by atoms with E-state index in [9.17, 15) is 18.0 Å². The largest absolute Gasteiger partial charge is 0.322 e. The summed E-state index contributed by atoms with van der Waals surface area (Å²) in [4.78, 5) is 26.8. The average molecular weight is 476 g/mol. The highest BCUT2D eigenvalue weighted by molar-refractivity contribution is 7.89. The second kappa shape index (κ2) is 9.04. The maximum absolute atomic E-state index is 13.3. The SMILES string of the molecule is O=C(Nc1cccc(N2CCCC2=O)c1)c1cccc(S(=O)(=O)N2CCc3ccccc3C2)c1. The molecule has 0 bridgehead atoms. The van der Waals surface area contributed by atoms with E-state index in [2.05, 4.69) is 5.32 Å². The number of carbonyl (C=O) groups excluding carboxylic acids is 2. The number of benzene rings is 3. The number of nitrogens with zero attached hydrogens (tertiary/aromatic N) is 2. The van der Waals surface area contributed by atoms with Gasteiger partial charge in [-0.05, 0) is 60.4 Å². The molecule has 3 aromatic rings. The first-order valence-electron chi connectivity index (χ1n) is 11.3. The van der Waals surface area contributed by atoms with Crippen molar-refractivity contribution < 1.29 is 18.0 Å². The first-order valence-corrected chi connectivity index (χ1v) is 12.7. The lowest BCUT2D eigenvalue weighted by Gasteiger charge is -2.28. The van der Waals surface area contributed by atoms with Crippen molar-refractivity contribution in [1.29, 1.82) is 0 Å². The van der Waals surface area contributed by atoms with Gasteiger partial charge in [0.1, 0.15) is 0 Å². The molecule has 0 spiro atoms. The smallest absolute Gasteiger partial charge is 0.255 e. The van der Waals surface area contributed by atoms with Gasteiger partial charge in [-0.2, -0.15) is 4.31 Å². The molecule has 1 N–H and O–H groups in total. The summed E-state index contributed by atoms with van der Waals surface area (Å²) in [5.41, 5.74) is 3.70. The first kappa shape index (κ1) is 22.3. The molecule has 0 unspecified atom stereocenters. The summed E-state index contributed by atoms with van der Waals surface area (Å²) < 4.78 is 28.1. The summed E-state index contributed by atoms with van der Waals surface area (Å²) >= 11 is 0. The molecule has 2 heterocycles. The molecule has 0 radical (unpaired) electrons. The minimum Gasteiger partial charge on any atom is -0.322 e. The van der Waals surface area contributed by atoms with Crippen molar-refractivity contribution in [3.05, 3.63) is 89.5 Å². The Balaban J connectivity index is 1.34. The van der Waals surface area contributed by atoms with Gasteiger partial charge in [-0.3, -0.25) is 9.59 Å². The third-order valence-electron chi connectivity index (χ3n) is 6.32. The number of nitrogens with one attached hydrogen (secondary N) is 1. The molecule has 34 heavy (non-hydrogen) atoms. The van der Waals surface area contributed by atoms with E-state index < -0.39 is 15.9 Å². The summed E-state index contributed by atoms with van der Waals surface area (Å²) in [6.45, 7) is 1.38. The van der Waals surface area contributed by atoms with E-state index in [1.807, 2.05) is 30.3 Å². The summed E-state index contributed by atoms with van der Waals surface area (Å²) in [6.07, 6.45) is 2.01. The van der Waals surface area contributed by atoms with Gasteiger partial charge in [-0.25, -0.2) is 8.42 Å². The van der Waals surface area contributed by atoms with Crippen molar-refractivity contribution in [2.24, 2.45) is 0 Å². The predicted molar refractivity (Wildman–Crippen MR) is 130 cm³/mol. The fraction of sp³-hybridized carbons (Fsp3) is 0.231. The highest BCUT2D eigenvalue weighted by Gasteiger charge is 2.29. The van der Waals surface area contributed by atoms with Gasteiger partial charge >= 0.3 is 0 Å². The number of hydrogen-bond acceptors (Lipinski definition) is 4. The van der Waals surface area contributed by atoms with E-state index in [1.165, 1.54) is 22.0 Å². The molecule has 0 saturated carbocycles. The van der Waals surface area contributed by atoms with Crippen molar-refractivity contribution in [2.75, 3.05) is 23.3 Å². The highest BCUT2D eigenvalue weighted by atomic mass is 32.2. The summed E-state index contributed by atoms with van der Waals surface area (Å²) in [6, 6.07) is 21.1. The van der Waals surface area contributed by atoms with Crippen LogP contribution in [0.15, 0.2) is 77.7 Å². The number of carbonyl (C=O) groups is 2. The van der Waals surface area contributed by atoms with Gasteiger partial charge in [-0.1, -0.05) is 36.4 Å². The minimum atomic E-state index is -3.75. The average Bonchev–Trinajstić information content (AvgIpc) is 3.30. The van der Waals surface area contributed by atoms with E-state index in [-0.39, 0.29) is 16.4 Å². The van der Waals surface area contributed by atoms with Crippen LogP contribution in [0.5, 0.6) is 0 Å². The van der Waals surface area contributed by atoms with Crippen LogP contribution in [0.25, 0.3) is 0 Å². The molecule has 3 aromatic carbocycles. The number of anilines is 2. The molecule has 1 fully saturated rings. The monoisotopic (exact) mass is 475 g/mol. The second-order valence-electron chi connectivity index (χ2n) is 8.54. The van der Waals surface area contributed by atoms with Gasteiger partial charge in [-0.15, -0.1) is 0 Å². The van der Waals surface area contributed by atoms with E-state index in [0.29, 0.717) is 38.2 Å². The van der Waals surface area contributed by atoms with Gasteiger partial charge in [0.05, 0.1) is 4.90 Å². The fourth-order valence-electron chi connectivity index (χ4n) is 4.50. The van der Waals surface area contributed by atoms with Crippen molar-refractivity contribution in [3.8, 4) is 0 Å². The topological polar surface area (TPSA) is 86.8 Å². The first-order chi connectivity index (χ1) is 16.4. The maximum Gasteiger partial charge on any atom is 0.255 e. The van der Waals surface area contributed by atoms with Gasteiger partial charge < -0.3 is 10.2 Å². The van der Waals surface area contributed by atoms with Crippen LogP contribution in [0.4, 0.5) is 11.4 Å². The summed E-state index contributed by atoms with van der Waals surface area (Å²) in [5.74, 6) is -0.340. The third kappa shape index (κ3) is 4.34. The predicted octanol–water partition coefficient (Wildman–Crippen LogP) is 3.81. The molecule has 174 valence electrons. The van der Waals surface area contributed by atoms with Gasteiger partial charge in [0.15, 0.2) is 0 Å². The van der Waals surface area contributed by atoms with Crippen molar-refractivity contribution in [3.63, 3.8) is 0 Å². The lowest BCUT2D eigenvalue weighted by molar-refractivity contribution is -0.117. The van der Waals surface area contributed by atoms with Gasteiger partial charge in [0.25, 0.3) is 5.91 Å². The van der Waals surface area contributed by atoms with Crippen LogP contribution in [0.3, 0.4) is 0 Å². The number of fused-ring (bicyclic) bond motifs is 1. The molecule has 2 aliphatic rings. The van der Waals surface area contributed by atoms with Crippen LogP contribution < -0.4 is 10.2 Å². The zero-order valence-electron chi connectivity index (χ0n) is 18.6. The van der Waals surface area contributed by atoms with Gasteiger partial charge in [0, 0.05) is 43.0 Å². The van der Waals surface area contributed by atoms with Crippen LogP contribution in [0, 0.1) is 0 Å². The number of sulfonamides is 1. The molecule has 2 amide bonds. The van der Waals surface area contributed by atoms with Crippen LogP contribution in [-0.2, 0) is 27.8 Å². The Morgan fingerprint density at radius 1 is 0.853 bits per heavy atom. The van der Waals surface area contributed by atoms with Crippen LogP contribution in [0.1, 0.15) is 34.3 Å². The molecule has 0 aliphatic carbocycles. The number of hydrogen-bond donors (Lipinski definition) is 1. The Bertz CT molecular complexity index is 1370. The lowest BCUT2D eigenvalue weighted by atomic mass is 10.0. The molecule has 5 rings (SSSR count). The molecular weight excluding hydrogens is 450 g/mol. The fourth-order valence-corrected chi connectivity index (χ4v) is 5.96. The van der Waals surface area contributed by atoms with Crippen molar-refractivity contribution in [2.45, 2.75) is 30.7 Å². The lowest BCUT2D eigenvalue weighted by Crippen LogP contribution is -2.36. The normalized spacial score (nSPS) is 16.4. The molecule has 8 heteroatoms. The molecule has 1 saturated heterocycles. The van der Waals surface area contributed by atoms with Crippen LogP contribution >= 0.6 is 0 Å². The molecule has 0 aromatic heterocycles. The zero-order valence-corrected chi connectivity index (χ0v) is 19.4. The Labute approximate surface area is 199 Å². The van der Waals surface area contributed by atoms with Crippen molar-refractivity contribution in [1.82, 2.24) is 4.31 Å². The van der Waals surface area contributed by atoms with E-state index >= 15 is 0 Å². The van der Waals surface area contributed by atoms with Crippen molar-refractivity contribution >= 4 is 33.2 Å². The third-order valence-corrected chi connectivity index (χ3v) is 8.16. The Hall–Kier alpha value is -3.49. The molecule has 7 nitrogen and oxygen atoms in total. The highest BCUT2D eigenvalue weighted by Crippen LogP contribution is 2.27. The second-order valence-corrected chi connectivity index (χ2v) is 10.5. The van der Waals surface area contributed by atoms with Crippen LogP contribution in [-0.4, -0.2) is 37.6 Å². The summed E-state index contributed by atoms with van der Waals surface area (Å²) in [7, 11) is -3.75.